The van der Waals surface area contributed by atoms with Gasteiger partial charge < -0.3 is 10.1 Å². The number of hydrogen-bond acceptors (Lipinski definition) is 3. The van der Waals surface area contributed by atoms with Crippen LogP contribution in [0.15, 0.2) is 6.20 Å². The predicted octanol–water partition coefficient (Wildman–Crippen LogP) is 2.22. The van der Waals surface area contributed by atoms with Crippen LogP contribution in [0, 0.1) is 11.8 Å². The van der Waals surface area contributed by atoms with E-state index in [1.165, 1.54) is 18.5 Å². The van der Waals surface area contributed by atoms with Gasteiger partial charge in [-0.2, -0.15) is 5.10 Å². The summed E-state index contributed by atoms with van der Waals surface area (Å²) >= 11 is 0. The second-order valence-electron chi connectivity index (χ2n) is 4.88. The Morgan fingerprint density at radius 1 is 1.59 bits per heavy atom. The molecule has 1 saturated carbocycles. The van der Waals surface area contributed by atoms with Gasteiger partial charge >= 0.3 is 0 Å². The molecule has 2 atom stereocenters. The summed E-state index contributed by atoms with van der Waals surface area (Å²) in [6.07, 6.45) is 4.55. The van der Waals surface area contributed by atoms with Crippen molar-refractivity contribution in [3.05, 3.63) is 11.9 Å². The Bertz CT molecular complexity index is 349. The van der Waals surface area contributed by atoms with Gasteiger partial charge in [-0.3, -0.25) is 4.68 Å². The van der Waals surface area contributed by atoms with Gasteiger partial charge in [0.25, 0.3) is 0 Å². The molecule has 1 aromatic heterocycles. The molecule has 0 spiro atoms. The van der Waals surface area contributed by atoms with Gasteiger partial charge in [-0.15, -0.1) is 0 Å². The molecule has 0 aromatic carbocycles. The fourth-order valence-electron chi connectivity index (χ4n) is 2.64. The summed E-state index contributed by atoms with van der Waals surface area (Å²) < 4.78 is 7.48. The number of hydrogen-bond donors (Lipinski definition) is 1. The van der Waals surface area contributed by atoms with Crippen molar-refractivity contribution in [2.24, 2.45) is 11.8 Å². The molecular formula is C13H23N3O. The Morgan fingerprint density at radius 3 is 2.76 bits per heavy atom. The van der Waals surface area contributed by atoms with E-state index < -0.39 is 0 Å². The van der Waals surface area contributed by atoms with Crippen LogP contribution >= 0.6 is 0 Å². The summed E-state index contributed by atoms with van der Waals surface area (Å²) in [5.74, 6) is 2.40. The molecule has 0 aliphatic heterocycles. The van der Waals surface area contributed by atoms with Gasteiger partial charge in [-0.25, -0.2) is 0 Å². The fourth-order valence-corrected chi connectivity index (χ4v) is 2.64. The lowest BCUT2D eigenvalue weighted by atomic mass is 9.93. The highest BCUT2D eigenvalue weighted by molar-refractivity contribution is 5.29. The molecule has 4 heteroatoms. The van der Waals surface area contributed by atoms with E-state index in [9.17, 15) is 0 Å². The third kappa shape index (κ3) is 2.32. The third-order valence-electron chi connectivity index (χ3n) is 3.86. The minimum absolute atomic E-state index is 0.333. The van der Waals surface area contributed by atoms with Gasteiger partial charge in [0.2, 0.25) is 0 Å². The van der Waals surface area contributed by atoms with E-state index in [4.69, 9.17) is 4.74 Å². The first-order valence-corrected chi connectivity index (χ1v) is 6.49. The smallest absolute Gasteiger partial charge is 0.161 e. The summed E-state index contributed by atoms with van der Waals surface area (Å²) in [7, 11) is 3.74. The zero-order valence-corrected chi connectivity index (χ0v) is 11.2. The summed E-state index contributed by atoms with van der Waals surface area (Å²) in [6.45, 7) is 5.32. The van der Waals surface area contributed by atoms with E-state index in [0.717, 1.165) is 18.2 Å². The fraction of sp³-hybridized carbons (Fsp3) is 0.769. The highest BCUT2D eigenvalue weighted by atomic mass is 16.5. The molecule has 1 aliphatic rings. The molecule has 0 amide bonds. The predicted molar refractivity (Wildman–Crippen MR) is 68.1 cm³/mol. The van der Waals surface area contributed by atoms with Crippen molar-refractivity contribution < 1.29 is 4.74 Å². The average molecular weight is 237 g/mol. The molecule has 0 bridgehead atoms. The zero-order chi connectivity index (χ0) is 12.4. The van der Waals surface area contributed by atoms with Crippen LogP contribution in [-0.4, -0.2) is 23.9 Å². The largest absolute Gasteiger partial charge is 0.493 e. The molecule has 1 heterocycles. The highest BCUT2D eigenvalue weighted by Gasteiger charge is 2.36. The van der Waals surface area contributed by atoms with Crippen molar-refractivity contribution in [2.45, 2.75) is 39.3 Å². The van der Waals surface area contributed by atoms with Crippen molar-refractivity contribution in [1.82, 2.24) is 15.1 Å². The Morgan fingerprint density at radius 2 is 2.29 bits per heavy atom. The van der Waals surface area contributed by atoms with Crippen molar-refractivity contribution in [3.63, 3.8) is 0 Å². The number of ether oxygens (including phenoxy) is 1. The lowest BCUT2D eigenvalue weighted by molar-refractivity contribution is 0.329. The summed E-state index contributed by atoms with van der Waals surface area (Å²) in [5, 5.41) is 7.82. The standard InChI is InChI=1S/C13H23N3O/c1-5-16-13(11(17-4)8-15-16)12(14-3)9(2)10-6-7-10/h8-10,12,14H,5-7H2,1-4H3. The average Bonchev–Trinajstić information content (AvgIpc) is 3.12. The van der Waals surface area contributed by atoms with Crippen LogP contribution in [0.4, 0.5) is 0 Å². The third-order valence-corrected chi connectivity index (χ3v) is 3.86. The topological polar surface area (TPSA) is 39.1 Å². The first-order chi connectivity index (χ1) is 8.22. The van der Waals surface area contributed by atoms with Crippen LogP contribution in [0.25, 0.3) is 0 Å². The van der Waals surface area contributed by atoms with E-state index in [1.807, 2.05) is 17.9 Å². The van der Waals surface area contributed by atoms with Crippen molar-refractivity contribution in [2.75, 3.05) is 14.2 Å². The second kappa shape index (κ2) is 5.08. The second-order valence-corrected chi connectivity index (χ2v) is 4.88. The first-order valence-electron chi connectivity index (χ1n) is 6.49. The van der Waals surface area contributed by atoms with Crippen molar-refractivity contribution in [3.8, 4) is 5.75 Å². The molecule has 0 radical (unpaired) electrons. The van der Waals surface area contributed by atoms with Crippen LogP contribution in [-0.2, 0) is 6.54 Å². The minimum atomic E-state index is 0.333. The normalized spacial score (nSPS) is 19.1. The van der Waals surface area contributed by atoms with Crippen LogP contribution in [0.3, 0.4) is 0 Å². The zero-order valence-electron chi connectivity index (χ0n) is 11.2. The van der Waals surface area contributed by atoms with Gasteiger partial charge in [-0.05, 0) is 38.6 Å². The van der Waals surface area contributed by atoms with Crippen LogP contribution in [0.2, 0.25) is 0 Å². The number of nitrogens with one attached hydrogen (secondary N) is 1. The quantitative estimate of drug-likeness (QED) is 0.824. The van der Waals surface area contributed by atoms with Gasteiger partial charge in [0, 0.05) is 6.54 Å². The van der Waals surface area contributed by atoms with Crippen molar-refractivity contribution in [1.29, 1.82) is 0 Å². The molecule has 1 aliphatic carbocycles. The summed E-state index contributed by atoms with van der Waals surface area (Å²) in [4.78, 5) is 0. The maximum absolute atomic E-state index is 5.44. The highest BCUT2D eigenvalue weighted by Crippen LogP contribution is 2.44. The van der Waals surface area contributed by atoms with E-state index in [0.29, 0.717) is 12.0 Å². The van der Waals surface area contributed by atoms with Gasteiger partial charge in [0.1, 0.15) is 0 Å². The molecule has 2 unspecified atom stereocenters. The monoisotopic (exact) mass is 237 g/mol. The Labute approximate surface area is 103 Å². The van der Waals surface area contributed by atoms with E-state index in [1.54, 1.807) is 7.11 Å². The van der Waals surface area contributed by atoms with E-state index in [-0.39, 0.29) is 0 Å². The first kappa shape index (κ1) is 12.4. The molecule has 0 saturated heterocycles. The lowest BCUT2D eigenvalue weighted by Crippen LogP contribution is -2.27. The Balaban J connectivity index is 2.30. The number of rotatable bonds is 6. The van der Waals surface area contributed by atoms with Gasteiger partial charge in [-0.1, -0.05) is 6.92 Å². The minimum Gasteiger partial charge on any atom is -0.493 e. The molecule has 96 valence electrons. The molecule has 17 heavy (non-hydrogen) atoms. The SMILES string of the molecule is CCn1ncc(OC)c1C(NC)C(C)C1CC1. The van der Waals surface area contributed by atoms with Gasteiger partial charge in [0.05, 0.1) is 25.0 Å². The summed E-state index contributed by atoms with van der Waals surface area (Å²) in [6, 6.07) is 0.333. The van der Waals surface area contributed by atoms with E-state index >= 15 is 0 Å². The summed E-state index contributed by atoms with van der Waals surface area (Å²) in [5.41, 5.74) is 1.19. The molecular weight excluding hydrogens is 214 g/mol. The number of nitrogens with zero attached hydrogens (tertiary/aromatic N) is 2. The molecule has 1 aromatic rings. The molecule has 4 nitrogen and oxygen atoms in total. The number of aromatic nitrogens is 2. The number of methoxy groups -OCH3 is 1. The molecule has 1 fully saturated rings. The van der Waals surface area contributed by atoms with Crippen LogP contribution in [0.1, 0.15) is 38.4 Å². The lowest BCUT2D eigenvalue weighted by Gasteiger charge is -2.25. The van der Waals surface area contributed by atoms with Crippen molar-refractivity contribution >= 4 is 0 Å². The molecule has 1 N–H and O–H groups in total. The maximum atomic E-state index is 5.44. The van der Waals surface area contributed by atoms with Crippen LogP contribution in [0.5, 0.6) is 5.75 Å². The van der Waals surface area contributed by atoms with E-state index in [2.05, 4.69) is 24.3 Å². The maximum Gasteiger partial charge on any atom is 0.161 e. The van der Waals surface area contributed by atoms with Gasteiger partial charge in [0.15, 0.2) is 5.75 Å². The van der Waals surface area contributed by atoms with Crippen LogP contribution < -0.4 is 10.1 Å². The Kier molecular flexibility index (Phi) is 3.72. The number of aryl methyl sites for hydroxylation is 1. The molecule has 2 rings (SSSR count). The Hall–Kier alpha value is -1.03.